The zero-order valence-electron chi connectivity index (χ0n) is 17.6. The fourth-order valence-electron chi connectivity index (χ4n) is 3.55. The lowest BCUT2D eigenvalue weighted by atomic mass is 9.87. The number of aryl methyl sites for hydroxylation is 1. The van der Waals surface area contributed by atoms with Crippen molar-refractivity contribution in [2.24, 2.45) is 11.8 Å². The first-order valence-corrected chi connectivity index (χ1v) is 11.1. The Kier molecular flexibility index (Phi) is 7.26. The molecule has 0 bridgehead atoms. The van der Waals surface area contributed by atoms with Gasteiger partial charge in [0.2, 0.25) is 5.91 Å². The predicted molar refractivity (Wildman–Crippen MR) is 117 cm³/mol. The van der Waals surface area contributed by atoms with Crippen molar-refractivity contribution < 1.29 is 19.1 Å². The van der Waals surface area contributed by atoms with Crippen LogP contribution in [0.1, 0.15) is 43.2 Å². The van der Waals surface area contributed by atoms with Gasteiger partial charge in [-0.25, -0.2) is 0 Å². The number of nitrogens with one attached hydrogen (secondary N) is 1. The summed E-state index contributed by atoms with van der Waals surface area (Å²) in [5.74, 6) is -0.985. The number of hydrogen-bond acceptors (Lipinski definition) is 5. The number of hydrogen-bond donors (Lipinski definition) is 1. The lowest BCUT2D eigenvalue weighted by molar-refractivity contribution is -0.154. The molecule has 7 heteroatoms. The molecule has 6 nitrogen and oxygen atoms in total. The number of rotatable bonds is 7. The summed E-state index contributed by atoms with van der Waals surface area (Å²) in [6.07, 6.45) is 0.658. The van der Waals surface area contributed by atoms with E-state index in [0.717, 1.165) is 16.1 Å². The second-order valence-corrected chi connectivity index (χ2v) is 8.99. The van der Waals surface area contributed by atoms with Crippen LogP contribution in [0, 0.1) is 18.8 Å². The first-order valence-electron chi connectivity index (χ1n) is 10.2. The molecule has 3 rings (SSSR count). The largest absolute Gasteiger partial charge is 0.455 e. The fourth-order valence-corrected chi connectivity index (χ4v) is 4.43. The molecule has 0 aliphatic carbocycles. The Morgan fingerprint density at radius 2 is 1.97 bits per heavy atom. The van der Waals surface area contributed by atoms with Gasteiger partial charge in [-0.2, -0.15) is 0 Å². The van der Waals surface area contributed by atoms with Crippen LogP contribution in [-0.4, -0.2) is 30.9 Å². The standard InChI is InChI=1S/C23H28N2O4S/c1-15(2)13-24-20(26)14-29-23(28)18-10-11-21(27)25(17-8-6-16(3)7-9-17)22(18)19-5-4-12-30-19/h4-9,12,15,18,22H,10-11,13-14H2,1-3H3,(H,24,26)/t18-,22+/m1/s1. The van der Waals surface area contributed by atoms with Gasteiger partial charge in [-0.15, -0.1) is 11.3 Å². The molecule has 2 aromatic rings. The molecule has 1 aromatic heterocycles. The lowest BCUT2D eigenvalue weighted by Gasteiger charge is -2.39. The number of nitrogens with zero attached hydrogens (tertiary/aromatic N) is 1. The average Bonchev–Trinajstić information content (AvgIpc) is 3.25. The maximum Gasteiger partial charge on any atom is 0.311 e. The molecule has 0 radical (unpaired) electrons. The van der Waals surface area contributed by atoms with Crippen LogP contribution < -0.4 is 10.2 Å². The summed E-state index contributed by atoms with van der Waals surface area (Å²) in [7, 11) is 0. The molecular formula is C23H28N2O4S. The molecule has 0 saturated carbocycles. The van der Waals surface area contributed by atoms with Gasteiger partial charge < -0.3 is 15.0 Å². The minimum atomic E-state index is -0.527. The van der Waals surface area contributed by atoms with E-state index >= 15 is 0 Å². The molecule has 1 aliphatic rings. The highest BCUT2D eigenvalue weighted by Crippen LogP contribution is 2.42. The van der Waals surface area contributed by atoms with E-state index in [9.17, 15) is 14.4 Å². The molecule has 0 unspecified atom stereocenters. The number of anilines is 1. The highest BCUT2D eigenvalue weighted by molar-refractivity contribution is 7.10. The van der Waals surface area contributed by atoms with E-state index < -0.39 is 17.9 Å². The zero-order chi connectivity index (χ0) is 21.7. The van der Waals surface area contributed by atoms with E-state index in [1.165, 1.54) is 11.3 Å². The maximum absolute atomic E-state index is 12.9. The summed E-state index contributed by atoms with van der Waals surface area (Å²) in [5.41, 5.74) is 1.86. The van der Waals surface area contributed by atoms with Crippen LogP contribution in [0.4, 0.5) is 5.69 Å². The molecule has 2 heterocycles. The van der Waals surface area contributed by atoms with Crippen molar-refractivity contribution >= 4 is 34.8 Å². The SMILES string of the molecule is Cc1ccc(N2C(=O)CC[C@@H](C(=O)OCC(=O)NCC(C)C)[C@H]2c2cccs2)cc1. The highest BCUT2D eigenvalue weighted by atomic mass is 32.1. The first kappa shape index (κ1) is 22.0. The fraction of sp³-hybridized carbons (Fsp3) is 0.435. The van der Waals surface area contributed by atoms with Gasteiger partial charge in [-0.05, 0) is 42.8 Å². The molecule has 1 N–H and O–H groups in total. The highest BCUT2D eigenvalue weighted by Gasteiger charge is 2.42. The lowest BCUT2D eigenvalue weighted by Crippen LogP contribution is -2.46. The van der Waals surface area contributed by atoms with Gasteiger partial charge in [-0.3, -0.25) is 14.4 Å². The number of carbonyl (C=O) groups is 3. The number of piperidine rings is 1. The summed E-state index contributed by atoms with van der Waals surface area (Å²) in [6, 6.07) is 11.1. The number of carbonyl (C=O) groups excluding carboxylic acids is 3. The van der Waals surface area contributed by atoms with Crippen LogP contribution in [0.25, 0.3) is 0 Å². The van der Waals surface area contributed by atoms with Crippen molar-refractivity contribution in [3.8, 4) is 0 Å². The predicted octanol–water partition coefficient (Wildman–Crippen LogP) is 3.86. The average molecular weight is 429 g/mol. The van der Waals surface area contributed by atoms with E-state index in [1.807, 2.05) is 62.5 Å². The van der Waals surface area contributed by atoms with Gasteiger partial charge >= 0.3 is 5.97 Å². The molecule has 30 heavy (non-hydrogen) atoms. The first-order chi connectivity index (χ1) is 14.4. The van der Waals surface area contributed by atoms with Crippen LogP contribution in [0.3, 0.4) is 0 Å². The van der Waals surface area contributed by atoms with Crippen LogP contribution in [-0.2, 0) is 19.1 Å². The third-order valence-corrected chi connectivity index (χ3v) is 6.04. The Bertz CT molecular complexity index is 877. The minimum absolute atomic E-state index is 0.0176. The van der Waals surface area contributed by atoms with Crippen molar-refractivity contribution in [2.45, 2.75) is 39.7 Å². The summed E-state index contributed by atoms with van der Waals surface area (Å²) >= 11 is 1.51. The summed E-state index contributed by atoms with van der Waals surface area (Å²) in [5, 5.41) is 4.68. The number of benzene rings is 1. The summed E-state index contributed by atoms with van der Waals surface area (Å²) < 4.78 is 5.36. The summed E-state index contributed by atoms with van der Waals surface area (Å²) in [6.45, 7) is 6.21. The van der Waals surface area contributed by atoms with Crippen molar-refractivity contribution in [3.05, 3.63) is 52.2 Å². The second-order valence-electron chi connectivity index (χ2n) is 8.01. The minimum Gasteiger partial charge on any atom is -0.455 e. The molecule has 1 aliphatic heterocycles. The molecular weight excluding hydrogens is 400 g/mol. The van der Waals surface area contributed by atoms with Crippen molar-refractivity contribution in [2.75, 3.05) is 18.1 Å². The number of ether oxygens (including phenoxy) is 1. The third-order valence-electron chi connectivity index (χ3n) is 5.10. The third kappa shape index (κ3) is 5.27. The Labute approximate surface area is 181 Å². The van der Waals surface area contributed by atoms with Crippen LogP contribution in [0.2, 0.25) is 0 Å². The molecule has 2 amide bonds. The molecule has 1 fully saturated rings. The van der Waals surface area contributed by atoms with Crippen molar-refractivity contribution in [1.82, 2.24) is 5.32 Å². The van der Waals surface area contributed by atoms with Crippen LogP contribution in [0.5, 0.6) is 0 Å². The van der Waals surface area contributed by atoms with E-state index in [4.69, 9.17) is 4.74 Å². The number of thiophene rings is 1. The monoisotopic (exact) mass is 428 g/mol. The number of esters is 1. The Balaban J connectivity index is 1.80. The van der Waals surface area contributed by atoms with Gasteiger partial charge in [0, 0.05) is 23.5 Å². The van der Waals surface area contributed by atoms with E-state index in [2.05, 4.69) is 5.32 Å². The van der Waals surface area contributed by atoms with Crippen LogP contribution in [0.15, 0.2) is 41.8 Å². The van der Waals surface area contributed by atoms with E-state index in [-0.39, 0.29) is 24.8 Å². The van der Waals surface area contributed by atoms with E-state index in [0.29, 0.717) is 18.9 Å². The van der Waals surface area contributed by atoms with Gasteiger partial charge in [0.25, 0.3) is 5.91 Å². The summed E-state index contributed by atoms with van der Waals surface area (Å²) in [4.78, 5) is 40.4. The molecule has 2 atom stereocenters. The molecule has 1 aromatic carbocycles. The Morgan fingerprint density at radius 1 is 1.23 bits per heavy atom. The quantitative estimate of drug-likeness (QED) is 0.680. The molecule has 1 saturated heterocycles. The van der Waals surface area contributed by atoms with Crippen molar-refractivity contribution in [1.29, 1.82) is 0 Å². The second kappa shape index (κ2) is 9.89. The topological polar surface area (TPSA) is 75.7 Å². The zero-order valence-corrected chi connectivity index (χ0v) is 18.4. The van der Waals surface area contributed by atoms with Crippen molar-refractivity contribution in [3.63, 3.8) is 0 Å². The van der Waals surface area contributed by atoms with Gasteiger partial charge in [0.1, 0.15) is 0 Å². The van der Waals surface area contributed by atoms with Gasteiger partial charge in [-0.1, -0.05) is 37.6 Å². The Hall–Kier alpha value is -2.67. The number of amides is 2. The normalized spacial score (nSPS) is 19.1. The smallest absolute Gasteiger partial charge is 0.311 e. The molecule has 160 valence electrons. The van der Waals surface area contributed by atoms with Crippen LogP contribution >= 0.6 is 11.3 Å². The van der Waals surface area contributed by atoms with E-state index in [1.54, 1.807) is 4.90 Å². The van der Waals surface area contributed by atoms with Gasteiger partial charge in [0.15, 0.2) is 6.61 Å². The van der Waals surface area contributed by atoms with Gasteiger partial charge in [0.05, 0.1) is 12.0 Å². The molecule has 0 spiro atoms. The Morgan fingerprint density at radius 3 is 2.60 bits per heavy atom. The maximum atomic E-state index is 12.9.